The van der Waals surface area contributed by atoms with Crippen LogP contribution in [0.5, 0.6) is 0 Å². The molecule has 0 aliphatic rings. The molecular weight excluding hydrogens is 228 g/mol. The smallest absolute Gasteiger partial charge is 0.147 e. The average molecular weight is 252 g/mol. The summed E-state index contributed by atoms with van der Waals surface area (Å²) in [5, 5.41) is 0. The standard InChI is InChI=1S/C10H24N2O3S/c1-5-10(6-2,15-3)9(12-11)7-8-16(4,13)14/h9,12H,5-8,11H2,1-4H3. The van der Waals surface area contributed by atoms with Crippen molar-refractivity contribution in [3.63, 3.8) is 0 Å². The molecule has 16 heavy (non-hydrogen) atoms. The van der Waals surface area contributed by atoms with Gasteiger partial charge in [-0.25, -0.2) is 8.42 Å². The van der Waals surface area contributed by atoms with E-state index >= 15 is 0 Å². The van der Waals surface area contributed by atoms with Crippen LogP contribution in [0.25, 0.3) is 0 Å². The summed E-state index contributed by atoms with van der Waals surface area (Å²) in [6.45, 7) is 4.02. The highest BCUT2D eigenvalue weighted by Crippen LogP contribution is 2.26. The van der Waals surface area contributed by atoms with Gasteiger partial charge in [0.05, 0.1) is 17.4 Å². The van der Waals surface area contributed by atoms with Crippen molar-refractivity contribution in [1.82, 2.24) is 5.43 Å². The van der Waals surface area contributed by atoms with Crippen molar-refractivity contribution in [2.24, 2.45) is 5.84 Å². The van der Waals surface area contributed by atoms with Crippen molar-refractivity contribution in [2.45, 2.75) is 44.8 Å². The third kappa shape index (κ3) is 4.37. The predicted octanol–water partition coefficient (Wildman–Crippen LogP) is 0.458. The summed E-state index contributed by atoms with van der Waals surface area (Å²) >= 11 is 0. The number of nitrogens with one attached hydrogen (secondary N) is 1. The van der Waals surface area contributed by atoms with E-state index in [1.165, 1.54) is 6.26 Å². The van der Waals surface area contributed by atoms with Crippen LogP contribution in [0.15, 0.2) is 0 Å². The molecule has 0 aromatic heterocycles. The van der Waals surface area contributed by atoms with E-state index in [1.807, 2.05) is 13.8 Å². The van der Waals surface area contributed by atoms with E-state index in [-0.39, 0.29) is 17.4 Å². The summed E-state index contributed by atoms with van der Waals surface area (Å²) in [4.78, 5) is 0. The number of rotatable bonds is 8. The van der Waals surface area contributed by atoms with Crippen molar-refractivity contribution in [2.75, 3.05) is 19.1 Å². The molecule has 0 aliphatic heterocycles. The first-order valence-corrected chi connectivity index (χ1v) is 7.60. The maximum Gasteiger partial charge on any atom is 0.147 e. The fourth-order valence-electron chi connectivity index (χ4n) is 2.00. The third-order valence-electron chi connectivity index (χ3n) is 3.22. The lowest BCUT2D eigenvalue weighted by atomic mass is 9.87. The van der Waals surface area contributed by atoms with Crippen LogP contribution in [0.1, 0.15) is 33.1 Å². The zero-order valence-electron chi connectivity index (χ0n) is 10.6. The van der Waals surface area contributed by atoms with Crippen LogP contribution < -0.4 is 11.3 Å². The summed E-state index contributed by atoms with van der Waals surface area (Å²) in [5.41, 5.74) is 2.29. The Morgan fingerprint density at radius 1 is 1.38 bits per heavy atom. The topological polar surface area (TPSA) is 81.4 Å². The Kier molecular flexibility index (Phi) is 6.47. The van der Waals surface area contributed by atoms with Gasteiger partial charge in [0.15, 0.2) is 0 Å². The fourth-order valence-corrected chi connectivity index (χ4v) is 2.67. The molecule has 0 fully saturated rings. The van der Waals surface area contributed by atoms with Crippen molar-refractivity contribution >= 4 is 9.84 Å². The van der Waals surface area contributed by atoms with Gasteiger partial charge in [0.1, 0.15) is 9.84 Å². The highest BCUT2D eigenvalue weighted by molar-refractivity contribution is 7.90. The largest absolute Gasteiger partial charge is 0.377 e. The Morgan fingerprint density at radius 3 is 2.12 bits per heavy atom. The summed E-state index contributed by atoms with van der Waals surface area (Å²) < 4.78 is 27.8. The van der Waals surface area contributed by atoms with Gasteiger partial charge < -0.3 is 4.74 Å². The van der Waals surface area contributed by atoms with E-state index in [4.69, 9.17) is 10.6 Å². The SMILES string of the molecule is CCC(CC)(OC)C(CCS(C)(=O)=O)NN. The number of sulfone groups is 1. The molecule has 98 valence electrons. The molecule has 0 aromatic carbocycles. The first-order valence-electron chi connectivity index (χ1n) is 5.54. The molecule has 0 heterocycles. The summed E-state index contributed by atoms with van der Waals surface area (Å²) in [7, 11) is -1.33. The highest BCUT2D eigenvalue weighted by Gasteiger charge is 2.35. The van der Waals surface area contributed by atoms with Gasteiger partial charge in [0.25, 0.3) is 0 Å². The van der Waals surface area contributed by atoms with Crippen LogP contribution in [0.2, 0.25) is 0 Å². The monoisotopic (exact) mass is 252 g/mol. The van der Waals surface area contributed by atoms with Crippen LogP contribution >= 0.6 is 0 Å². The van der Waals surface area contributed by atoms with E-state index in [1.54, 1.807) is 7.11 Å². The van der Waals surface area contributed by atoms with Crippen LogP contribution in [-0.4, -0.2) is 39.2 Å². The van der Waals surface area contributed by atoms with E-state index in [0.29, 0.717) is 6.42 Å². The number of hydrogen-bond acceptors (Lipinski definition) is 5. The van der Waals surface area contributed by atoms with Gasteiger partial charge in [0, 0.05) is 13.4 Å². The lowest BCUT2D eigenvalue weighted by Crippen LogP contribution is -2.54. The summed E-state index contributed by atoms with van der Waals surface area (Å²) in [6.07, 6.45) is 3.27. The van der Waals surface area contributed by atoms with E-state index < -0.39 is 9.84 Å². The second-order valence-corrected chi connectivity index (χ2v) is 6.37. The average Bonchev–Trinajstić information content (AvgIpc) is 2.23. The van der Waals surface area contributed by atoms with E-state index in [0.717, 1.165) is 12.8 Å². The molecule has 0 aromatic rings. The molecule has 0 bridgehead atoms. The molecule has 0 aliphatic carbocycles. The molecule has 5 nitrogen and oxygen atoms in total. The second-order valence-electron chi connectivity index (χ2n) is 4.11. The van der Waals surface area contributed by atoms with Crippen molar-refractivity contribution in [3.8, 4) is 0 Å². The maximum absolute atomic E-state index is 11.1. The number of hydrogen-bond donors (Lipinski definition) is 2. The lowest BCUT2D eigenvalue weighted by molar-refractivity contribution is -0.0480. The number of nitrogens with two attached hydrogens (primary N) is 1. The van der Waals surface area contributed by atoms with Crippen LogP contribution in [0.4, 0.5) is 0 Å². The molecule has 0 spiro atoms. The highest BCUT2D eigenvalue weighted by atomic mass is 32.2. The Bertz CT molecular complexity index is 278. The summed E-state index contributed by atoms with van der Waals surface area (Å²) in [6, 6.07) is -0.151. The van der Waals surface area contributed by atoms with Gasteiger partial charge in [-0.15, -0.1) is 0 Å². The molecule has 0 radical (unpaired) electrons. The van der Waals surface area contributed by atoms with Crippen molar-refractivity contribution < 1.29 is 13.2 Å². The fraction of sp³-hybridized carbons (Fsp3) is 1.00. The Balaban J connectivity index is 4.69. The number of hydrazine groups is 1. The summed E-state index contributed by atoms with van der Waals surface area (Å²) in [5.74, 6) is 5.61. The first-order chi connectivity index (χ1) is 7.35. The lowest BCUT2D eigenvalue weighted by Gasteiger charge is -2.38. The molecule has 0 saturated heterocycles. The Hall–Kier alpha value is -0.170. The number of ether oxygens (including phenoxy) is 1. The third-order valence-corrected chi connectivity index (χ3v) is 4.19. The predicted molar refractivity (Wildman–Crippen MR) is 65.8 cm³/mol. The van der Waals surface area contributed by atoms with Crippen molar-refractivity contribution in [3.05, 3.63) is 0 Å². The van der Waals surface area contributed by atoms with Crippen LogP contribution in [0, 0.1) is 0 Å². The minimum absolute atomic E-state index is 0.118. The molecule has 1 unspecified atom stereocenters. The first kappa shape index (κ1) is 15.8. The zero-order chi connectivity index (χ0) is 12.8. The maximum atomic E-state index is 11.1. The van der Waals surface area contributed by atoms with Gasteiger partial charge in [-0.1, -0.05) is 13.8 Å². The molecule has 1 atom stereocenters. The van der Waals surface area contributed by atoms with Gasteiger partial charge in [-0.2, -0.15) is 0 Å². The van der Waals surface area contributed by atoms with Crippen LogP contribution in [-0.2, 0) is 14.6 Å². The minimum atomic E-state index is -2.97. The van der Waals surface area contributed by atoms with E-state index in [9.17, 15) is 8.42 Å². The molecule has 0 amide bonds. The quantitative estimate of drug-likeness (QED) is 0.484. The van der Waals surface area contributed by atoms with Gasteiger partial charge in [-0.05, 0) is 19.3 Å². The normalized spacial score (nSPS) is 15.1. The van der Waals surface area contributed by atoms with Crippen molar-refractivity contribution in [1.29, 1.82) is 0 Å². The Morgan fingerprint density at radius 2 is 1.88 bits per heavy atom. The van der Waals surface area contributed by atoms with E-state index in [2.05, 4.69) is 5.43 Å². The second kappa shape index (κ2) is 6.54. The minimum Gasteiger partial charge on any atom is -0.377 e. The molecule has 3 N–H and O–H groups in total. The van der Waals surface area contributed by atoms with Crippen LogP contribution in [0.3, 0.4) is 0 Å². The van der Waals surface area contributed by atoms with Gasteiger partial charge >= 0.3 is 0 Å². The van der Waals surface area contributed by atoms with Gasteiger partial charge in [-0.3, -0.25) is 11.3 Å². The zero-order valence-corrected chi connectivity index (χ0v) is 11.4. The van der Waals surface area contributed by atoms with Gasteiger partial charge in [0.2, 0.25) is 0 Å². The molecule has 6 heteroatoms. The molecule has 0 rings (SSSR count). The molecular formula is C10H24N2O3S. The molecule has 0 saturated carbocycles. The number of methoxy groups -OCH3 is 1. The Labute approximate surface area is 98.6 Å².